The van der Waals surface area contributed by atoms with Gasteiger partial charge in [0, 0.05) is 25.4 Å². The zero-order chi connectivity index (χ0) is 23.7. The van der Waals surface area contributed by atoms with Crippen molar-refractivity contribution in [3.8, 4) is 0 Å². The number of benzene rings is 3. The SMILES string of the molecule is CCn1ccc(CC(=O)c2ccc3c(c2)nc(C(O)(c2ccccc2)c2ccccc2)n3C)n1. The highest BCUT2D eigenvalue weighted by atomic mass is 16.3. The second kappa shape index (κ2) is 8.72. The van der Waals surface area contributed by atoms with E-state index in [0.717, 1.165) is 28.9 Å². The van der Waals surface area contributed by atoms with E-state index in [1.165, 1.54) is 0 Å². The average molecular weight is 451 g/mol. The lowest BCUT2D eigenvalue weighted by Gasteiger charge is -2.29. The third-order valence-corrected chi connectivity index (χ3v) is 6.27. The van der Waals surface area contributed by atoms with Crippen molar-refractivity contribution in [3.63, 3.8) is 0 Å². The van der Waals surface area contributed by atoms with Crippen molar-refractivity contribution in [1.82, 2.24) is 19.3 Å². The Balaban J connectivity index is 1.58. The van der Waals surface area contributed by atoms with Crippen LogP contribution in [0.4, 0.5) is 0 Å². The predicted molar refractivity (Wildman–Crippen MR) is 132 cm³/mol. The van der Waals surface area contributed by atoms with Gasteiger partial charge >= 0.3 is 0 Å². The minimum absolute atomic E-state index is 0.0168. The maximum absolute atomic E-state index is 13.0. The number of hydrogen-bond acceptors (Lipinski definition) is 4. The number of fused-ring (bicyclic) bond motifs is 1. The van der Waals surface area contributed by atoms with Gasteiger partial charge in [0.1, 0.15) is 0 Å². The molecule has 6 nitrogen and oxygen atoms in total. The molecule has 2 heterocycles. The number of aryl methyl sites for hydroxylation is 2. The van der Waals surface area contributed by atoms with Crippen LogP contribution in [-0.2, 0) is 25.6 Å². The Hall–Kier alpha value is -4.03. The summed E-state index contributed by atoms with van der Waals surface area (Å²) in [5.74, 6) is 0.475. The lowest BCUT2D eigenvalue weighted by molar-refractivity contribution is 0.0991. The van der Waals surface area contributed by atoms with Crippen LogP contribution in [0.5, 0.6) is 0 Å². The van der Waals surface area contributed by atoms with Gasteiger partial charge in [-0.25, -0.2) is 4.98 Å². The first kappa shape index (κ1) is 21.8. The first-order valence-corrected chi connectivity index (χ1v) is 11.4. The lowest BCUT2D eigenvalue weighted by Crippen LogP contribution is -2.32. The van der Waals surface area contributed by atoms with Crippen molar-refractivity contribution in [1.29, 1.82) is 0 Å². The molecular formula is C28H26N4O2. The lowest BCUT2D eigenvalue weighted by atomic mass is 9.85. The van der Waals surface area contributed by atoms with E-state index in [-0.39, 0.29) is 12.2 Å². The highest BCUT2D eigenvalue weighted by Gasteiger charge is 2.38. The Kier molecular flexibility index (Phi) is 5.59. The standard InChI is InChI=1S/C28H26N4O2/c1-3-32-17-16-23(30-32)19-26(33)20-14-15-25-24(18-20)29-27(31(25)2)28(34,21-10-6-4-7-11-21)22-12-8-5-9-13-22/h4-18,34H,3,19H2,1-2H3. The fraction of sp³-hybridized carbons (Fsp3) is 0.179. The fourth-order valence-corrected chi connectivity index (χ4v) is 4.42. The Morgan fingerprint density at radius 3 is 2.18 bits per heavy atom. The quantitative estimate of drug-likeness (QED) is 0.371. The second-order valence-corrected chi connectivity index (χ2v) is 8.40. The molecule has 0 radical (unpaired) electrons. The maximum Gasteiger partial charge on any atom is 0.173 e. The molecule has 0 bridgehead atoms. The zero-order valence-corrected chi connectivity index (χ0v) is 19.2. The van der Waals surface area contributed by atoms with Crippen LogP contribution in [0.25, 0.3) is 11.0 Å². The van der Waals surface area contributed by atoms with E-state index in [4.69, 9.17) is 4.98 Å². The van der Waals surface area contributed by atoms with Gasteiger partial charge in [0.2, 0.25) is 0 Å². The Morgan fingerprint density at radius 1 is 0.941 bits per heavy atom. The van der Waals surface area contributed by atoms with E-state index in [0.29, 0.717) is 16.9 Å². The first-order chi connectivity index (χ1) is 16.5. The van der Waals surface area contributed by atoms with E-state index in [9.17, 15) is 9.90 Å². The molecule has 0 saturated heterocycles. The Morgan fingerprint density at radius 2 is 1.59 bits per heavy atom. The Bertz CT molecular complexity index is 1410. The largest absolute Gasteiger partial charge is 0.373 e. The molecule has 0 aliphatic heterocycles. The summed E-state index contributed by atoms with van der Waals surface area (Å²) >= 11 is 0. The van der Waals surface area contributed by atoms with E-state index in [1.807, 2.05) is 108 Å². The minimum atomic E-state index is -1.45. The van der Waals surface area contributed by atoms with Crippen molar-refractivity contribution in [2.75, 3.05) is 0 Å². The van der Waals surface area contributed by atoms with Crippen molar-refractivity contribution in [2.45, 2.75) is 25.5 Å². The van der Waals surface area contributed by atoms with Crippen molar-refractivity contribution in [3.05, 3.63) is 119 Å². The smallest absolute Gasteiger partial charge is 0.173 e. The molecule has 0 aliphatic rings. The van der Waals surface area contributed by atoms with Gasteiger partial charge in [0.25, 0.3) is 0 Å². The van der Waals surface area contributed by atoms with E-state index in [2.05, 4.69) is 5.10 Å². The number of hydrogen-bond donors (Lipinski definition) is 1. The summed E-state index contributed by atoms with van der Waals surface area (Å²) in [5.41, 5.74) is 2.82. The second-order valence-electron chi connectivity index (χ2n) is 8.40. The third-order valence-electron chi connectivity index (χ3n) is 6.27. The molecule has 1 N–H and O–H groups in total. The van der Waals surface area contributed by atoms with Gasteiger partial charge in [-0.15, -0.1) is 0 Å². The first-order valence-electron chi connectivity index (χ1n) is 11.4. The van der Waals surface area contributed by atoms with E-state index in [1.54, 1.807) is 6.07 Å². The number of imidazole rings is 1. The molecule has 0 saturated carbocycles. The zero-order valence-electron chi connectivity index (χ0n) is 19.2. The third kappa shape index (κ3) is 3.72. The van der Waals surface area contributed by atoms with Crippen molar-refractivity contribution < 1.29 is 9.90 Å². The summed E-state index contributed by atoms with van der Waals surface area (Å²) in [5, 5.41) is 16.6. The Labute approximate surface area is 198 Å². The van der Waals surface area contributed by atoms with Gasteiger partial charge in [-0.1, -0.05) is 60.7 Å². The molecule has 0 spiro atoms. The predicted octanol–water partition coefficient (Wildman–Crippen LogP) is 4.50. The summed E-state index contributed by atoms with van der Waals surface area (Å²) in [6.07, 6.45) is 2.11. The summed E-state index contributed by atoms with van der Waals surface area (Å²) in [6, 6.07) is 26.4. The molecule has 2 aromatic heterocycles. The summed E-state index contributed by atoms with van der Waals surface area (Å²) in [4.78, 5) is 17.8. The molecule has 0 atom stereocenters. The molecule has 5 rings (SSSR count). The molecule has 0 unspecified atom stereocenters. The highest BCUT2D eigenvalue weighted by Crippen LogP contribution is 2.37. The van der Waals surface area contributed by atoms with Gasteiger partial charge in [-0.05, 0) is 42.3 Å². The van der Waals surface area contributed by atoms with Crippen molar-refractivity contribution in [2.24, 2.45) is 7.05 Å². The van der Waals surface area contributed by atoms with Crippen LogP contribution in [0.3, 0.4) is 0 Å². The van der Waals surface area contributed by atoms with E-state index >= 15 is 0 Å². The molecule has 0 aliphatic carbocycles. The van der Waals surface area contributed by atoms with Crippen LogP contribution in [0.2, 0.25) is 0 Å². The molecule has 0 amide bonds. The van der Waals surface area contributed by atoms with Crippen LogP contribution >= 0.6 is 0 Å². The normalized spacial score (nSPS) is 11.7. The maximum atomic E-state index is 13.0. The van der Waals surface area contributed by atoms with Gasteiger partial charge < -0.3 is 9.67 Å². The minimum Gasteiger partial charge on any atom is -0.373 e. The fourth-order valence-electron chi connectivity index (χ4n) is 4.42. The van der Waals surface area contributed by atoms with E-state index < -0.39 is 5.60 Å². The van der Waals surface area contributed by atoms with Gasteiger partial charge in [-0.2, -0.15) is 5.10 Å². The van der Waals surface area contributed by atoms with Crippen molar-refractivity contribution >= 4 is 16.8 Å². The molecule has 6 heteroatoms. The number of ketones is 1. The molecule has 170 valence electrons. The molecule has 34 heavy (non-hydrogen) atoms. The molecular weight excluding hydrogens is 424 g/mol. The topological polar surface area (TPSA) is 72.9 Å². The average Bonchev–Trinajstić information content (AvgIpc) is 3.48. The number of carbonyl (C=O) groups is 1. The van der Waals surface area contributed by atoms with Crippen LogP contribution < -0.4 is 0 Å². The van der Waals surface area contributed by atoms with Gasteiger partial charge in [-0.3, -0.25) is 9.48 Å². The van der Waals surface area contributed by atoms with Crippen LogP contribution in [0, 0.1) is 0 Å². The summed E-state index contributed by atoms with van der Waals surface area (Å²) in [6.45, 7) is 2.78. The summed E-state index contributed by atoms with van der Waals surface area (Å²) < 4.78 is 3.71. The summed E-state index contributed by atoms with van der Waals surface area (Å²) in [7, 11) is 1.89. The number of rotatable bonds is 7. The van der Waals surface area contributed by atoms with Gasteiger partial charge in [0.15, 0.2) is 17.2 Å². The number of Topliss-reactive ketones (excluding diaryl/α,β-unsaturated/α-hetero) is 1. The van der Waals surface area contributed by atoms with Gasteiger partial charge in [0.05, 0.1) is 23.1 Å². The van der Waals surface area contributed by atoms with Crippen LogP contribution in [-0.4, -0.2) is 30.2 Å². The monoisotopic (exact) mass is 450 g/mol. The number of aromatic nitrogens is 4. The molecule has 0 fully saturated rings. The highest BCUT2D eigenvalue weighted by molar-refractivity contribution is 6.00. The number of nitrogens with zero attached hydrogens (tertiary/aromatic N) is 4. The van der Waals surface area contributed by atoms with Crippen LogP contribution in [0.1, 0.15) is 39.9 Å². The van der Waals surface area contributed by atoms with Crippen LogP contribution in [0.15, 0.2) is 91.1 Å². The number of aliphatic hydroxyl groups is 1. The molecule has 3 aromatic carbocycles. The number of carbonyl (C=O) groups excluding carboxylic acids is 1. The molecule has 5 aromatic rings.